The molecular formula is C14H18F2N2O. The average Bonchev–Trinajstić information content (AvgIpc) is 2.79. The van der Waals surface area contributed by atoms with Crippen molar-refractivity contribution in [3.63, 3.8) is 0 Å². The molecule has 0 aliphatic heterocycles. The summed E-state index contributed by atoms with van der Waals surface area (Å²) in [5.41, 5.74) is 5.92. The first-order valence-electron chi connectivity index (χ1n) is 6.48. The highest BCUT2D eigenvalue weighted by atomic mass is 19.1. The average molecular weight is 268 g/mol. The summed E-state index contributed by atoms with van der Waals surface area (Å²) in [4.78, 5) is 12.0. The quantitative estimate of drug-likeness (QED) is 0.883. The number of rotatable bonds is 3. The Hall–Kier alpha value is -1.49. The van der Waals surface area contributed by atoms with E-state index in [1.165, 1.54) is 0 Å². The van der Waals surface area contributed by atoms with Crippen LogP contribution in [-0.4, -0.2) is 11.9 Å². The molecule has 1 fully saturated rings. The van der Waals surface area contributed by atoms with E-state index >= 15 is 0 Å². The molecule has 1 aromatic rings. The molecule has 0 spiro atoms. The fourth-order valence-electron chi connectivity index (χ4n) is 2.51. The van der Waals surface area contributed by atoms with E-state index < -0.39 is 17.7 Å². The van der Waals surface area contributed by atoms with E-state index in [9.17, 15) is 13.6 Å². The summed E-state index contributed by atoms with van der Waals surface area (Å²) in [5, 5.41) is 2.73. The molecule has 1 aliphatic carbocycles. The summed E-state index contributed by atoms with van der Waals surface area (Å²) in [6, 6.07) is 2.75. The van der Waals surface area contributed by atoms with Crippen LogP contribution in [0.1, 0.15) is 37.8 Å². The highest BCUT2D eigenvalue weighted by Crippen LogP contribution is 2.25. The molecule has 1 amide bonds. The van der Waals surface area contributed by atoms with Gasteiger partial charge in [0.05, 0.1) is 6.04 Å². The van der Waals surface area contributed by atoms with Crippen molar-refractivity contribution in [2.45, 2.75) is 38.3 Å². The summed E-state index contributed by atoms with van der Waals surface area (Å²) in [5.74, 6) is -1.28. The van der Waals surface area contributed by atoms with Crippen LogP contribution in [0.4, 0.5) is 8.78 Å². The van der Waals surface area contributed by atoms with Crippen molar-refractivity contribution in [3.05, 3.63) is 35.4 Å². The molecule has 1 aliphatic rings. The van der Waals surface area contributed by atoms with Gasteiger partial charge in [-0.3, -0.25) is 4.79 Å². The van der Waals surface area contributed by atoms with Crippen LogP contribution < -0.4 is 11.1 Å². The molecule has 1 aromatic carbocycles. The molecule has 1 saturated carbocycles. The molecule has 3 unspecified atom stereocenters. The van der Waals surface area contributed by atoms with Crippen LogP contribution in [0.25, 0.3) is 0 Å². The largest absolute Gasteiger partial charge is 0.349 e. The van der Waals surface area contributed by atoms with Gasteiger partial charge < -0.3 is 11.1 Å². The lowest BCUT2D eigenvalue weighted by atomic mass is 10.0. The van der Waals surface area contributed by atoms with Crippen LogP contribution in [0.5, 0.6) is 0 Å². The molecule has 3 nitrogen and oxygen atoms in total. The topological polar surface area (TPSA) is 55.1 Å². The Balaban J connectivity index is 2.02. The standard InChI is InChI=1S/C14H18F2N2O/c1-8(12-7-10(15)3-5-13(12)16)18-14(19)9-2-4-11(17)6-9/h3,5,7-9,11H,2,4,6,17H2,1H3,(H,18,19). The van der Waals surface area contributed by atoms with Crippen LogP contribution >= 0.6 is 0 Å². The zero-order chi connectivity index (χ0) is 14.0. The highest BCUT2D eigenvalue weighted by molar-refractivity contribution is 5.79. The van der Waals surface area contributed by atoms with Gasteiger partial charge in [0, 0.05) is 17.5 Å². The number of benzene rings is 1. The van der Waals surface area contributed by atoms with Crippen LogP contribution in [0.3, 0.4) is 0 Å². The number of halogens is 2. The predicted octanol–water partition coefficient (Wildman–Crippen LogP) is 2.27. The summed E-state index contributed by atoms with van der Waals surface area (Å²) in [7, 11) is 0. The molecule has 0 aromatic heterocycles. The fraction of sp³-hybridized carbons (Fsp3) is 0.500. The van der Waals surface area contributed by atoms with Crippen molar-refractivity contribution in [1.29, 1.82) is 0 Å². The van der Waals surface area contributed by atoms with Gasteiger partial charge in [-0.15, -0.1) is 0 Å². The van der Waals surface area contributed by atoms with Crippen LogP contribution in [0.2, 0.25) is 0 Å². The minimum Gasteiger partial charge on any atom is -0.349 e. The summed E-state index contributed by atoms with van der Waals surface area (Å²) < 4.78 is 26.7. The van der Waals surface area contributed by atoms with Crippen LogP contribution in [0, 0.1) is 17.6 Å². The Labute approximate surface area is 111 Å². The van der Waals surface area contributed by atoms with Gasteiger partial charge in [0.25, 0.3) is 0 Å². The van der Waals surface area contributed by atoms with Gasteiger partial charge in [0.1, 0.15) is 11.6 Å². The first kappa shape index (κ1) is 13.9. The second-order valence-electron chi connectivity index (χ2n) is 5.17. The van der Waals surface area contributed by atoms with Gasteiger partial charge in [-0.05, 0) is 44.4 Å². The SMILES string of the molecule is CC(NC(=O)C1CCC(N)C1)c1cc(F)ccc1F. The van der Waals surface area contributed by atoms with E-state index in [-0.39, 0.29) is 23.4 Å². The van der Waals surface area contributed by atoms with Crippen molar-refractivity contribution in [2.75, 3.05) is 0 Å². The van der Waals surface area contributed by atoms with Gasteiger partial charge in [-0.2, -0.15) is 0 Å². The maximum atomic E-state index is 13.6. The lowest BCUT2D eigenvalue weighted by Gasteiger charge is -2.18. The van der Waals surface area contributed by atoms with E-state index in [2.05, 4.69) is 5.32 Å². The van der Waals surface area contributed by atoms with Crippen LogP contribution in [-0.2, 0) is 4.79 Å². The molecule has 0 heterocycles. The zero-order valence-corrected chi connectivity index (χ0v) is 10.8. The summed E-state index contributed by atoms with van der Waals surface area (Å²) in [6.07, 6.45) is 2.25. The van der Waals surface area contributed by atoms with Crippen molar-refractivity contribution in [3.8, 4) is 0 Å². The Morgan fingerprint density at radius 3 is 2.79 bits per heavy atom. The first-order valence-corrected chi connectivity index (χ1v) is 6.48. The second kappa shape index (κ2) is 5.65. The van der Waals surface area contributed by atoms with E-state index in [0.717, 1.165) is 31.0 Å². The number of carbonyl (C=O) groups excluding carboxylic acids is 1. The van der Waals surface area contributed by atoms with Crippen molar-refractivity contribution in [1.82, 2.24) is 5.32 Å². The lowest BCUT2D eigenvalue weighted by Crippen LogP contribution is -2.33. The van der Waals surface area contributed by atoms with Gasteiger partial charge in [0.15, 0.2) is 0 Å². The number of carbonyl (C=O) groups is 1. The number of hydrogen-bond acceptors (Lipinski definition) is 2. The van der Waals surface area contributed by atoms with Crippen LogP contribution in [0.15, 0.2) is 18.2 Å². The Kier molecular flexibility index (Phi) is 4.14. The normalized spacial score (nSPS) is 24.2. The van der Waals surface area contributed by atoms with Crippen molar-refractivity contribution in [2.24, 2.45) is 11.7 Å². The first-order chi connectivity index (χ1) is 8.97. The predicted molar refractivity (Wildman–Crippen MR) is 68.2 cm³/mol. The molecule has 104 valence electrons. The Bertz CT molecular complexity index is 479. The number of nitrogens with one attached hydrogen (secondary N) is 1. The van der Waals surface area contributed by atoms with E-state index in [1.54, 1.807) is 6.92 Å². The highest BCUT2D eigenvalue weighted by Gasteiger charge is 2.28. The molecule has 3 N–H and O–H groups in total. The number of nitrogens with two attached hydrogens (primary N) is 1. The third-order valence-corrected chi connectivity index (χ3v) is 3.63. The number of amides is 1. The van der Waals surface area contributed by atoms with E-state index in [1.807, 2.05) is 0 Å². The molecule has 0 radical (unpaired) electrons. The minimum atomic E-state index is -0.556. The monoisotopic (exact) mass is 268 g/mol. The third kappa shape index (κ3) is 3.29. The minimum absolute atomic E-state index is 0.0666. The zero-order valence-electron chi connectivity index (χ0n) is 10.8. The maximum Gasteiger partial charge on any atom is 0.223 e. The van der Waals surface area contributed by atoms with Crippen molar-refractivity contribution >= 4 is 5.91 Å². The van der Waals surface area contributed by atoms with Gasteiger partial charge in [-0.1, -0.05) is 0 Å². The maximum absolute atomic E-state index is 13.6. The molecule has 3 atom stereocenters. The van der Waals surface area contributed by atoms with Crippen molar-refractivity contribution < 1.29 is 13.6 Å². The van der Waals surface area contributed by atoms with E-state index in [4.69, 9.17) is 5.73 Å². The van der Waals surface area contributed by atoms with E-state index in [0.29, 0.717) is 6.42 Å². The fourth-order valence-corrected chi connectivity index (χ4v) is 2.51. The lowest BCUT2D eigenvalue weighted by molar-refractivity contribution is -0.125. The van der Waals surface area contributed by atoms with Gasteiger partial charge in [0.2, 0.25) is 5.91 Å². The molecule has 0 bridgehead atoms. The second-order valence-corrected chi connectivity index (χ2v) is 5.17. The van der Waals surface area contributed by atoms with Gasteiger partial charge >= 0.3 is 0 Å². The molecule has 19 heavy (non-hydrogen) atoms. The van der Waals surface area contributed by atoms with Gasteiger partial charge in [-0.25, -0.2) is 8.78 Å². The Morgan fingerprint density at radius 2 is 2.16 bits per heavy atom. The molecular weight excluding hydrogens is 250 g/mol. The third-order valence-electron chi connectivity index (χ3n) is 3.63. The summed E-state index contributed by atoms with van der Waals surface area (Å²) in [6.45, 7) is 1.64. The smallest absolute Gasteiger partial charge is 0.223 e. The molecule has 5 heteroatoms. The Morgan fingerprint density at radius 1 is 1.42 bits per heavy atom. The number of hydrogen-bond donors (Lipinski definition) is 2. The molecule has 0 saturated heterocycles. The molecule has 2 rings (SSSR count). The summed E-state index contributed by atoms with van der Waals surface area (Å²) >= 11 is 0.